The fourth-order valence-electron chi connectivity index (χ4n) is 3.01. The molecule has 1 N–H and O–H groups in total. The number of hydrogen-bond donors (Lipinski definition) is 1. The number of carbonyl (C=O) groups is 1. The van der Waals surface area contributed by atoms with Gasteiger partial charge in [0.05, 0.1) is 5.75 Å². The topological polar surface area (TPSA) is 59.8 Å². The quantitative estimate of drug-likeness (QED) is 0.338. The molecule has 1 heterocycles. The molecule has 0 fully saturated rings. The van der Waals surface area contributed by atoms with Crippen LogP contribution in [0.5, 0.6) is 0 Å². The first-order valence-corrected chi connectivity index (χ1v) is 11.2. The maximum absolute atomic E-state index is 12.6. The van der Waals surface area contributed by atoms with E-state index in [1.165, 1.54) is 11.8 Å². The standard InChI is InChI=1S/C23H18Cl2N4OS/c1-15-7-8-18(25)13-20(15)26-21(30)14-31-23-28-27-22(16-5-3-2-4-6-16)29(23)19-11-9-17(24)10-12-19/h2-13H,14H2,1H3,(H,26,30). The van der Waals surface area contributed by atoms with Crippen molar-refractivity contribution in [1.82, 2.24) is 14.8 Å². The molecule has 156 valence electrons. The average molecular weight is 469 g/mol. The van der Waals surface area contributed by atoms with E-state index >= 15 is 0 Å². The molecular formula is C23H18Cl2N4OS. The van der Waals surface area contributed by atoms with Gasteiger partial charge in [-0.2, -0.15) is 0 Å². The number of amides is 1. The Morgan fingerprint density at radius 3 is 2.42 bits per heavy atom. The van der Waals surface area contributed by atoms with Crippen molar-refractivity contribution in [1.29, 1.82) is 0 Å². The minimum atomic E-state index is -0.151. The highest BCUT2D eigenvalue weighted by molar-refractivity contribution is 7.99. The Bertz CT molecular complexity index is 1210. The van der Waals surface area contributed by atoms with Crippen LogP contribution in [0.3, 0.4) is 0 Å². The molecule has 0 spiro atoms. The van der Waals surface area contributed by atoms with Gasteiger partial charge in [0.25, 0.3) is 0 Å². The molecule has 31 heavy (non-hydrogen) atoms. The molecule has 0 aliphatic carbocycles. The number of carbonyl (C=O) groups excluding carboxylic acids is 1. The van der Waals surface area contributed by atoms with Crippen molar-refractivity contribution in [2.75, 3.05) is 11.1 Å². The molecule has 0 bridgehead atoms. The first-order valence-electron chi connectivity index (χ1n) is 9.47. The smallest absolute Gasteiger partial charge is 0.234 e. The number of anilines is 1. The summed E-state index contributed by atoms with van der Waals surface area (Å²) in [6, 6.07) is 22.6. The Labute approximate surface area is 194 Å². The summed E-state index contributed by atoms with van der Waals surface area (Å²) >= 11 is 13.4. The second-order valence-corrected chi connectivity index (χ2v) is 8.60. The van der Waals surface area contributed by atoms with E-state index in [-0.39, 0.29) is 11.7 Å². The number of nitrogens with one attached hydrogen (secondary N) is 1. The van der Waals surface area contributed by atoms with E-state index in [0.717, 1.165) is 16.8 Å². The third kappa shape index (κ3) is 5.10. The monoisotopic (exact) mass is 468 g/mol. The summed E-state index contributed by atoms with van der Waals surface area (Å²) in [6.07, 6.45) is 0. The van der Waals surface area contributed by atoms with Gasteiger partial charge in [0.2, 0.25) is 5.91 Å². The van der Waals surface area contributed by atoms with Crippen LogP contribution in [-0.4, -0.2) is 26.4 Å². The van der Waals surface area contributed by atoms with Crippen molar-refractivity contribution >= 4 is 46.6 Å². The van der Waals surface area contributed by atoms with E-state index in [0.29, 0.717) is 26.7 Å². The number of aromatic nitrogens is 3. The van der Waals surface area contributed by atoms with Gasteiger partial charge in [0.15, 0.2) is 11.0 Å². The van der Waals surface area contributed by atoms with Crippen LogP contribution in [-0.2, 0) is 4.79 Å². The molecule has 0 saturated heterocycles. The first kappa shape index (κ1) is 21.4. The zero-order valence-electron chi connectivity index (χ0n) is 16.5. The SMILES string of the molecule is Cc1ccc(Cl)cc1NC(=O)CSc1nnc(-c2ccccc2)n1-c1ccc(Cl)cc1. The van der Waals surface area contributed by atoms with Crippen molar-refractivity contribution in [2.24, 2.45) is 0 Å². The van der Waals surface area contributed by atoms with E-state index in [2.05, 4.69) is 15.5 Å². The average Bonchev–Trinajstić information content (AvgIpc) is 3.20. The van der Waals surface area contributed by atoms with Crippen molar-refractivity contribution in [3.05, 3.63) is 88.4 Å². The fraction of sp³-hybridized carbons (Fsp3) is 0.0870. The predicted molar refractivity (Wildman–Crippen MR) is 127 cm³/mol. The minimum absolute atomic E-state index is 0.151. The Balaban J connectivity index is 1.59. The van der Waals surface area contributed by atoms with E-state index in [1.54, 1.807) is 12.1 Å². The van der Waals surface area contributed by atoms with Crippen molar-refractivity contribution < 1.29 is 4.79 Å². The molecule has 1 aromatic heterocycles. The first-order chi connectivity index (χ1) is 15.0. The number of aryl methyl sites for hydroxylation is 1. The van der Waals surface area contributed by atoms with E-state index in [1.807, 2.05) is 72.2 Å². The molecule has 0 aliphatic rings. The summed E-state index contributed by atoms with van der Waals surface area (Å²) in [5.41, 5.74) is 3.43. The maximum Gasteiger partial charge on any atom is 0.234 e. The third-order valence-electron chi connectivity index (χ3n) is 4.56. The minimum Gasteiger partial charge on any atom is -0.325 e. The maximum atomic E-state index is 12.6. The van der Waals surface area contributed by atoms with E-state index in [4.69, 9.17) is 23.2 Å². The van der Waals surface area contributed by atoms with Crippen LogP contribution in [0.4, 0.5) is 5.69 Å². The molecule has 5 nitrogen and oxygen atoms in total. The lowest BCUT2D eigenvalue weighted by Crippen LogP contribution is -2.15. The summed E-state index contributed by atoms with van der Waals surface area (Å²) in [4.78, 5) is 12.6. The molecule has 0 unspecified atom stereocenters. The van der Waals surface area contributed by atoms with Crippen molar-refractivity contribution in [3.8, 4) is 17.1 Å². The predicted octanol–water partition coefficient (Wildman–Crippen LogP) is 6.28. The zero-order valence-corrected chi connectivity index (χ0v) is 18.9. The Hall–Kier alpha value is -2.80. The highest BCUT2D eigenvalue weighted by atomic mass is 35.5. The van der Waals surface area contributed by atoms with Gasteiger partial charge in [-0.05, 0) is 48.9 Å². The lowest BCUT2D eigenvalue weighted by atomic mass is 10.2. The van der Waals surface area contributed by atoms with Gasteiger partial charge < -0.3 is 5.32 Å². The van der Waals surface area contributed by atoms with Crippen LogP contribution in [0.15, 0.2) is 78.0 Å². The second-order valence-electron chi connectivity index (χ2n) is 6.78. The molecule has 4 aromatic rings. The molecule has 0 aliphatic heterocycles. The van der Waals surface area contributed by atoms with Crippen LogP contribution in [0, 0.1) is 6.92 Å². The van der Waals surface area contributed by atoms with Crippen LogP contribution < -0.4 is 5.32 Å². The number of halogens is 2. The third-order valence-corrected chi connectivity index (χ3v) is 5.97. The van der Waals surface area contributed by atoms with Gasteiger partial charge >= 0.3 is 0 Å². The van der Waals surface area contributed by atoms with Gasteiger partial charge in [0.1, 0.15) is 0 Å². The highest BCUT2D eigenvalue weighted by Gasteiger charge is 2.17. The van der Waals surface area contributed by atoms with Gasteiger partial charge in [-0.15, -0.1) is 10.2 Å². The van der Waals surface area contributed by atoms with Crippen LogP contribution in [0.2, 0.25) is 10.0 Å². The van der Waals surface area contributed by atoms with Crippen molar-refractivity contribution in [2.45, 2.75) is 12.1 Å². The van der Waals surface area contributed by atoms with Crippen LogP contribution in [0.1, 0.15) is 5.56 Å². The highest BCUT2D eigenvalue weighted by Crippen LogP contribution is 2.29. The molecular weight excluding hydrogens is 451 g/mol. The number of nitrogens with zero attached hydrogens (tertiary/aromatic N) is 3. The summed E-state index contributed by atoms with van der Waals surface area (Å²) < 4.78 is 1.92. The Morgan fingerprint density at radius 2 is 1.68 bits per heavy atom. The summed E-state index contributed by atoms with van der Waals surface area (Å²) in [7, 11) is 0. The van der Waals surface area contributed by atoms with E-state index in [9.17, 15) is 4.79 Å². The number of hydrogen-bond acceptors (Lipinski definition) is 4. The lowest BCUT2D eigenvalue weighted by Gasteiger charge is -2.11. The van der Waals surface area contributed by atoms with Gasteiger partial charge in [0, 0.05) is 27.0 Å². The van der Waals surface area contributed by atoms with Gasteiger partial charge in [-0.1, -0.05) is 71.4 Å². The number of benzene rings is 3. The Morgan fingerprint density at radius 1 is 0.968 bits per heavy atom. The molecule has 0 saturated carbocycles. The van der Waals surface area contributed by atoms with Gasteiger partial charge in [-0.25, -0.2) is 0 Å². The molecule has 0 atom stereocenters. The molecule has 1 amide bonds. The largest absolute Gasteiger partial charge is 0.325 e. The van der Waals surface area contributed by atoms with Crippen LogP contribution in [0.25, 0.3) is 17.1 Å². The second kappa shape index (κ2) is 9.56. The normalized spacial score (nSPS) is 10.8. The summed E-state index contributed by atoms with van der Waals surface area (Å²) in [6.45, 7) is 1.92. The van der Waals surface area contributed by atoms with Crippen molar-refractivity contribution in [3.63, 3.8) is 0 Å². The Kier molecular flexibility index (Phi) is 6.61. The molecule has 0 radical (unpaired) electrons. The zero-order chi connectivity index (χ0) is 21.8. The molecule has 3 aromatic carbocycles. The van der Waals surface area contributed by atoms with Crippen LogP contribution >= 0.6 is 35.0 Å². The number of thioether (sulfide) groups is 1. The van der Waals surface area contributed by atoms with Gasteiger partial charge in [-0.3, -0.25) is 9.36 Å². The lowest BCUT2D eigenvalue weighted by molar-refractivity contribution is -0.113. The molecule has 8 heteroatoms. The summed E-state index contributed by atoms with van der Waals surface area (Å²) in [5, 5.41) is 13.5. The fourth-order valence-corrected chi connectivity index (χ4v) is 4.06. The molecule has 4 rings (SSSR count). The van der Waals surface area contributed by atoms with E-state index < -0.39 is 0 Å². The summed E-state index contributed by atoms with van der Waals surface area (Å²) in [5.74, 6) is 0.714. The number of rotatable bonds is 6.